The standard InChI is InChI=1S/C18H18N2O3/c1-13-5-6-16(23-13)11-20(2)18(21)12-22-15-7-8-17-14(10-15)4-3-9-19-17/h3-10H,11-12H2,1-2H3. The van der Waals surface area contributed by atoms with Crippen LogP contribution in [0.5, 0.6) is 5.75 Å². The van der Waals surface area contributed by atoms with Crippen LogP contribution in [-0.2, 0) is 11.3 Å². The van der Waals surface area contributed by atoms with Crippen LogP contribution >= 0.6 is 0 Å². The number of fused-ring (bicyclic) bond motifs is 1. The Bertz CT molecular complexity index is 826. The van der Waals surface area contributed by atoms with Crippen molar-refractivity contribution in [2.45, 2.75) is 13.5 Å². The average molecular weight is 310 g/mol. The van der Waals surface area contributed by atoms with Gasteiger partial charge in [0.2, 0.25) is 0 Å². The van der Waals surface area contributed by atoms with Gasteiger partial charge in [-0.2, -0.15) is 0 Å². The minimum Gasteiger partial charge on any atom is -0.484 e. The van der Waals surface area contributed by atoms with Crippen molar-refractivity contribution in [1.82, 2.24) is 9.88 Å². The second-order valence-corrected chi connectivity index (χ2v) is 5.41. The lowest BCUT2D eigenvalue weighted by molar-refractivity contribution is -0.132. The van der Waals surface area contributed by atoms with E-state index in [1.54, 1.807) is 18.1 Å². The molecule has 3 aromatic rings. The Balaban J connectivity index is 1.58. The monoisotopic (exact) mass is 310 g/mol. The van der Waals surface area contributed by atoms with Gasteiger partial charge in [0, 0.05) is 18.6 Å². The molecule has 2 heterocycles. The first-order chi connectivity index (χ1) is 11.1. The number of likely N-dealkylation sites (N-methyl/N-ethyl adjacent to an activating group) is 1. The molecular formula is C18H18N2O3. The van der Waals surface area contributed by atoms with Crippen molar-refractivity contribution < 1.29 is 13.9 Å². The van der Waals surface area contributed by atoms with Gasteiger partial charge in [-0.15, -0.1) is 0 Å². The molecule has 0 spiro atoms. The van der Waals surface area contributed by atoms with Gasteiger partial charge in [0.05, 0.1) is 12.1 Å². The van der Waals surface area contributed by atoms with Crippen LogP contribution in [0, 0.1) is 6.92 Å². The first-order valence-corrected chi connectivity index (χ1v) is 7.39. The van der Waals surface area contributed by atoms with E-state index in [9.17, 15) is 4.79 Å². The van der Waals surface area contributed by atoms with Gasteiger partial charge in [-0.25, -0.2) is 0 Å². The minimum atomic E-state index is -0.106. The summed E-state index contributed by atoms with van der Waals surface area (Å²) in [6.07, 6.45) is 1.75. The molecule has 0 aliphatic rings. The number of rotatable bonds is 5. The number of ether oxygens (including phenoxy) is 1. The number of benzene rings is 1. The van der Waals surface area contributed by atoms with E-state index in [0.717, 1.165) is 22.4 Å². The zero-order valence-corrected chi connectivity index (χ0v) is 13.2. The molecule has 0 aliphatic carbocycles. The molecule has 3 rings (SSSR count). The summed E-state index contributed by atoms with van der Waals surface area (Å²) in [5, 5.41) is 0.983. The van der Waals surface area contributed by atoms with E-state index in [1.807, 2.05) is 49.4 Å². The normalized spacial score (nSPS) is 10.7. The molecule has 0 bridgehead atoms. The lowest BCUT2D eigenvalue weighted by Gasteiger charge is -2.16. The number of pyridine rings is 1. The summed E-state index contributed by atoms with van der Waals surface area (Å²) in [5.74, 6) is 2.14. The summed E-state index contributed by atoms with van der Waals surface area (Å²) >= 11 is 0. The highest BCUT2D eigenvalue weighted by Crippen LogP contribution is 2.19. The Morgan fingerprint density at radius 3 is 2.91 bits per heavy atom. The third-order valence-corrected chi connectivity index (χ3v) is 3.55. The summed E-state index contributed by atoms with van der Waals surface area (Å²) in [6, 6.07) is 13.2. The fourth-order valence-electron chi connectivity index (χ4n) is 2.29. The van der Waals surface area contributed by atoms with Crippen LogP contribution in [0.4, 0.5) is 0 Å². The molecule has 2 aromatic heterocycles. The van der Waals surface area contributed by atoms with E-state index in [-0.39, 0.29) is 12.5 Å². The smallest absolute Gasteiger partial charge is 0.260 e. The number of aryl methyl sites for hydroxylation is 1. The molecular weight excluding hydrogens is 292 g/mol. The Labute approximate surface area is 134 Å². The molecule has 0 aliphatic heterocycles. The lowest BCUT2D eigenvalue weighted by atomic mass is 10.2. The zero-order chi connectivity index (χ0) is 16.2. The van der Waals surface area contributed by atoms with Crippen LogP contribution in [0.2, 0.25) is 0 Å². The van der Waals surface area contributed by atoms with Crippen LogP contribution in [0.15, 0.2) is 53.1 Å². The molecule has 5 nitrogen and oxygen atoms in total. The van der Waals surface area contributed by atoms with Crippen molar-refractivity contribution in [2.75, 3.05) is 13.7 Å². The third kappa shape index (κ3) is 3.69. The Hall–Kier alpha value is -2.82. The number of amides is 1. The zero-order valence-electron chi connectivity index (χ0n) is 13.2. The van der Waals surface area contributed by atoms with E-state index in [4.69, 9.17) is 9.15 Å². The summed E-state index contributed by atoms with van der Waals surface area (Å²) in [6.45, 7) is 2.29. The van der Waals surface area contributed by atoms with Gasteiger partial charge in [0.25, 0.3) is 5.91 Å². The molecule has 0 unspecified atom stereocenters. The van der Waals surface area contributed by atoms with Crippen molar-refractivity contribution >= 4 is 16.8 Å². The average Bonchev–Trinajstić information content (AvgIpc) is 2.97. The maximum Gasteiger partial charge on any atom is 0.260 e. The molecule has 1 amide bonds. The molecule has 0 saturated carbocycles. The fourth-order valence-corrected chi connectivity index (χ4v) is 2.29. The first kappa shape index (κ1) is 15.1. The highest BCUT2D eigenvalue weighted by molar-refractivity contribution is 5.80. The van der Waals surface area contributed by atoms with Crippen molar-refractivity contribution in [1.29, 1.82) is 0 Å². The van der Waals surface area contributed by atoms with Crippen molar-refractivity contribution in [3.63, 3.8) is 0 Å². The molecule has 0 radical (unpaired) electrons. The van der Waals surface area contributed by atoms with E-state index in [2.05, 4.69) is 4.98 Å². The number of aromatic nitrogens is 1. The summed E-state index contributed by atoms with van der Waals surface area (Å²) in [5.41, 5.74) is 0.900. The van der Waals surface area contributed by atoms with Gasteiger partial charge in [-0.05, 0) is 43.3 Å². The van der Waals surface area contributed by atoms with Gasteiger partial charge in [0.15, 0.2) is 6.61 Å². The Morgan fingerprint density at radius 1 is 1.26 bits per heavy atom. The second kappa shape index (κ2) is 6.52. The second-order valence-electron chi connectivity index (χ2n) is 5.41. The highest BCUT2D eigenvalue weighted by atomic mass is 16.5. The molecule has 0 saturated heterocycles. The van der Waals surface area contributed by atoms with Crippen LogP contribution in [-0.4, -0.2) is 29.4 Å². The number of hydrogen-bond acceptors (Lipinski definition) is 4. The van der Waals surface area contributed by atoms with Gasteiger partial charge in [-0.1, -0.05) is 6.07 Å². The van der Waals surface area contributed by atoms with E-state index in [1.165, 1.54) is 0 Å². The quantitative estimate of drug-likeness (QED) is 0.726. The fraction of sp³-hybridized carbons (Fsp3) is 0.222. The maximum atomic E-state index is 12.1. The molecule has 5 heteroatoms. The van der Waals surface area contributed by atoms with Gasteiger partial charge in [-0.3, -0.25) is 9.78 Å². The molecule has 1 aromatic carbocycles. The van der Waals surface area contributed by atoms with E-state index in [0.29, 0.717) is 12.3 Å². The van der Waals surface area contributed by atoms with Crippen molar-refractivity contribution in [3.8, 4) is 5.75 Å². The van der Waals surface area contributed by atoms with Crippen molar-refractivity contribution in [2.24, 2.45) is 0 Å². The molecule has 0 fully saturated rings. The van der Waals surface area contributed by atoms with Gasteiger partial charge >= 0.3 is 0 Å². The first-order valence-electron chi connectivity index (χ1n) is 7.39. The number of nitrogens with zero attached hydrogens (tertiary/aromatic N) is 2. The van der Waals surface area contributed by atoms with Crippen LogP contribution < -0.4 is 4.74 Å². The molecule has 0 atom stereocenters. The highest BCUT2D eigenvalue weighted by Gasteiger charge is 2.12. The topological polar surface area (TPSA) is 55.6 Å². The molecule has 23 heavy (non-hydrogen) atoms. The largest absolute Gasteiger partial charge is 0.484 e. The number of furan rings is 1. The predicted molar refractivity (Wildman–Crippen MR) is 87.2 cm³/mol. The molecule has 0 N–H and O–H groups in total. The van der Waals surface area contributed by atoms with Gasteiger partial charge in [0.1, 0.15) is 17.3 Å². The third-order valence-electron chi connectivity index (χ3n) is 3.55. The summed E-state index contributed by atoms with van der Waals surface area (Å²) in [4.78, 5) is 18.0. The predicted octanol–water partition coefficient (Wildman–Crippen LogP) is 3.17. The van der Waals surface area contributed by atoms with E-state index >= 15 is 0 Å². The lowest BCUT2D eigenvalue weighted by Crippen LogP contribution is -2.30. The van der Waals surface area contributed by atoms with Crippen LogP contribution in [0.25, 0.3) is 10.9 Å². The number of hydrogen-bond donors (Lipinski definition) is 0. The minimum absolute atomic E-state index is 0.0119. The van der Waals surface area contributed by atoms with Crippen molar-refractivity contribution in [3.05, 3.63) is 60.2 Å². The molecule has 118 valence electrons. The number of carbonyl (C=O) groups is 1. The van der Waals surface area contributed by atoms with E-state index < -0.39 is 0 Å². The number of carbonyl (C=O) groups excluding carboxylic acids is 1. The Kier molecular flexibility index (Phi) is 4.28. The Morgan fingerprint density at radius 2 is 2.13 bits per heavy atom. The summed E-state index contributed by atoms with van der Waals surface area (Å²) in [7, 11) is 1.73. The SMILES string of the molecule is Cc1ccc(CN(C)C(=O)COc2ccc3ncccc3c2)o1. The van der Waals surface area contributed by atoms with Crippen LogP contribution in [0.3, 0.4) is 0 Å². The maximum absolute atomic E-state index is 12.1. The van der Waals surface area contributed by atoms with Crippen LogP contribution in [0.1, 0.15) is 11.5 Å². The van der Waals surface area contributed by atoms with Gasteiger partial charge < -0.3 is 14.1 Å². The summed E-state index contributed by atoms with van der Waals surface area (Å²) < 4.78 is 11.1.